The van der Waals surface area contributed by atoms with E-state index in [0.29, 0.717) is 37.7 Å². The van der Waals surface area contributed by atoms with Crippen molar-refractivity contribution in [3.8, 4) is 11.7 Å². The fraction of sp³-hybridized carbons (Fsp3) is 0.571. The molecule has 2 aliphatic rings. The molecule has 0 bridgehead atoms. The highest BCUT2D eigenvalue weighted by Gasteiger charge is 2.49. The smallest absolute Gasteiger partial charge is 0.274 e. The van der Waals surface area contributed by atoms with Crippen molar-refractivity contribution in [2.45, 2.75) is 77.7 Å². The molecule has 2 aromatic rings. The van der Waals surface area contributed by atoms with Crippen molar-refractivity contribution in [1.82, 2.24) is 24.8 Å². The van der Waals surface area contributed by atoms with Gasteiger partial charge in [-0.25, -0.2) is 4.98 Å². The van der Waals surface area contributed by atoms with Gasteiger partial charge in [-0.3, -0.25) is 23.9 Å². The Morgan fingerprint density at radius 1 is 1.16 bits per heavy atom. The minimum atomic E-state index is -0.979. The fourth-order valence-corrected chi connectivity index (χ4v) is 5.47. The first kappa shape index (κ1) is 27.6. The first-order valence-electron chi connectivity index (χ1n) is 13.6. The highest BCUT2D eigenvalue weighted by Crippen LogP contribution is 2.45. The van der Waals surface area contributed by atoms with Crippen LogP contribution in [0.3, 0.4) is 0 Å². The molecule has 204 valence electrons. The van der Waals surface area contributed by atoms with E-state index in [0.717, 1.165) is 32.2 Å². The Labute approximate surface area is 223 Å². The number of ketones is 2. The minimum Gasteiger partial charge on any atom is -0.474 e. The van der Waals surface area contributed by atoms with Gasteiger partial charge in [-0.1, -0.05) is 13.3 Å². The van der Waals surface area contributed by atoms with E-state index in [9.17, 15) is 14.4 Å². The number of hydrogen-bond donors (Lipinski definition) is 2. The molecule has 1 unspecified atom stereocenters. The predicted octanol–water partition coefficient (Wildman–Crippen LogP) is 2.98. The summed E-state index contributed by atoms with van der Waals surface area (Å²) in [4.78, 5) is 52.2. The molecule has 0 aromatic carbocycles. The standard InChI is InChI=1S/C28H38N6O4/c1-18(8-7-13-30-3)19(2)38-23-16-22(34-15-14-31-17-24(34)36)32-27(33-23)25(29)20-9-6-12-28(26(20)37)11-5-4-10-21(28)35/h14-19,30H,4-13,29H2,1-3H3/b25-20-/t18?,19-,28+/m0/s1. The first-order valence-corrected chi connectivity index (χ1v) is 13.6. The van der Waals surface area contributed by atoms with Crippen LogP contribution in [0.25, 0.3) is 11.5 Å². The summed E-state index contributed by atoms with van der Waals surface area (Å²) in [5.74, 6) is 0.707. The van der Waals surface area contributed by atoms with E-state index in [1.54, 1.807) is 6.07 Å². The summed E-state index contributed by atoms with van der Waals surface area (Å²) < 4.78 is 7.55. The van der Waals surface area contributed by atoms with Crippen molar-refractivity contribution in [1.29, 1.82) is 0 Å². The van der Waals surface area contributed by atoms with Gasteiger partial charge in [0.15, 0.2) is 11.6 Å². The van der Waals surface area contributed by atoms with Crippen LogP contribution in [0.2, 0.25) is 0 Å². The van der Waals surface area contributed by atoms with E-state index in [1.165, 1.54) is 23.2 Å². The van der Waals surface area contributed by atoms with Crippen molar-refractivity contribution in [2.24, 2.45) is 17.1 Å². The van der Waals surface area contributed by atoms with Crippen molar-refractivity contribution >= 4 is 17.3 Å². The highest BCUT2D eigenvalue weighted by molar-refractivity contribution is 6.17. The zero-order valence-electron chi connectivity index (χ0n) is 22.5. The molecule has 2 saturated carbocycles. The summed E-state index contributed by atoms with van der Waals surface area (Å²) in [6.07, 6.45) is 10.4. The van der Waals surface area contributed by atoms with E-state index in [4.69, 9.17) is 10.5 Å². The number of carbonyl (C=O) groups is 2. The summed E-state index contributed by atoms with van der Waals surface area (Å²) in [6, 6.07) is 1.59. The van der Waals surface area contributed by atoms with Crippen molar-refractivity contribution in [3.05, 3.63) is 46.4 Å². The molecule has 10 heteroatoms. The molecule has 0 amide bonds. The molecule has 4 rings (SSSR count). The molecule has 2 fully saturated rings. The van der Waals surface area contributed by atoms with Crippen LogP contribution in [0.5, 0.6) is 5.88 Å². The molecule has 38 heavy (non-hydrogen) atoms. The predicted molar refractivity (Wildman–Crippen MR) is 144 cm³/mol. The van der Waals surface area contributed by atoms with Crippen molar-refractivity contribution in [2.75, 3.05) is 13.6 Å². The molecule has 1 spiro atoms. The molecule has 2 heterocycles. The second-order valence-corrected chi connectivity index (χ2v) is 10.5. The molecule has 10 nitrogen and oxygen atoms in total. The highest BCUT2D eigenvalue weighted by atomic mass is 16.5. The van der Waals surface area contributed by atoms with E-state index in [2.05, 4.69) is 27.2 Å². The van der Waals surface area contributed by atoms with Gasteiger partial charge < -0.3 is 15.8 Å². The van der Waals surface area contributed by atoms with Gasteiger partial charge in [0.1, 0.15) is 17.7 Å². The Morgan fingerprint density at radius 2 is 1.95 bits per heavy atom. The van der Waals surface area contributed by atoms with E-state index < -0.39 is 5.41 Å². The third kappa shape index (κ3) is 5.70. The average Bonchev–Trinajstić information content (AvgIpc) is 2.91. The molecule has 0 aliphatic heterocycles. The third-order valence-electron chi connectivity index (χ3n) is 7.95. The van der Waals surface area contributed by atoms with Crippen LogP contribution in [0.15, 0.2) is 35.0 Å². The molecule has 0 saturated heterocycles. The van der Waals surface area contributed by atoms with E-state index >= 15 is 0 Å². The van der Waals surface area contributed by atoms with Gasteiger partial charge >= 0.3 is 0 Å². The SMILES string of the molecule is CNCCCC(C)[C@H](C)Oc1cc(-n2ccncc2=O)nc(/C(N)=C2\CCC[C@@]3(CCCCC3=O)C2=O)n1. The van der Waals surface area contributed by atoms with Gasteiger partial charge in [-0.2, -0.15) is 4.98 Å². The summed E-state index contributed by atoms with van der Waals surface area (Å²) >= 11 is 0. The second kappa shape index (κ2) is 12.0. The quantitative estimate of drug-likeness (QED) is 0.289. The van der Waals surface area contributed by atoms with Gasteiger partial charge in [0.05, 0.1) is 17.3 Å². The van der Waals surface area contributed by atoms with Gasteiger partial charge in [0.2, 0.25) is 5.88 Å². The fourth-order valence-electron chi connectivity index (χ4n) is 5.47. The number of hydrogen-bond acceptors (Lipinski definition) is 9. The number of carbonyl (C=O) groups excluding carboxylic acids is 2. The molecular formula is C28H38N6O4. The number of Topliss-reactive ketones (excluding diaryl/α,β-unsaturated/α-hetero) is 2. The lowest BCUT2D eigenvalue weighted by molar-refractivity contribution is -0.143. The first-order chi connectivity index (χ1) is 18.3. The third-order valence-corrected chi connectivity index (χ3v) is 7.95. The number of nitrogens with one attached hydrogen (secondary N) is 1. The number of ether oxygens (including phenoxy) is 1. The number of rotatable bonds is 9. The van der Waals surface area contributed by atoms with E-state index in [-0.39, 0.29) is 52.4 Å². The lowest BCUT2D eigenvalue weighted by Crippen LogP contribution is -2.45. The van der Waals surface area contributed by atoms with Crippen LogP contribution < -0.4 is 21.3 Å². The maximum absolute atomic E-state index is 13.7. The topological polar surface area (TPSA) is 142 Å². The monoisotopic (exact) mass is 522 g/mol. The zero-order chi connectivity index (χ0) is 27.3. The van der Waals surface area contributed by atoms with Gasteiger partial charge in [0.25, 0.3) is 5.56 Å². The summed E-state index contributed by atoms with van der Waals surface area (Å²) in [5, 5.41) is 3.15. The minimum absolute atomic E-state index is 0.0156. The van der Waals surface area contributed by atoms with Crippen LogP contribution in [0.4, 0.5) is 0 Å². The van der Waals surface area contributed by atoms with Crippen LogP contribution in [0, 0.1) is 11.3 Å². The lowest BCUT2D eigenvalue weighted by atomic mass is 9.62. The van der Waals surface area contributed by atoms with E-state index in [1.807, 2.05) is 14.0 Å². The zero-order valence-corrected chi connectivity index (χ0v) is 22.5. The summed E-state index contributed by atoms with van der Waals surface area (Å²) in [6.45, 7) is 5.02. The van der Waals surface area contributed by atoms with Gasteiger partial charge in [-0.05, 0) is 71.4 Å². The van der Waals surface area contributed by atoms with Gasteiger partial charge in [-0.15, -0.1) is 0 Å². The number of nitrogens with zero attached hydrogens (tertiary/aromatic N) is 4. The number of allylic oxidation sites excluding steroid dienone is 1. The van der Waals surface area contributed by atoms with Crippen LogP contribution in [-0.2, 0) is 9.59 Å². The number of nitrogens with two attached hydrogens (primary N) is 1. The summed E-state index contributed by atoms with van der Waals surface area (Å²) in [7, 11) is 1.93. The molecule has 2 aromatic heterocycles. The van der Waals surface area contributed by atoms with Crippen LogP contribution in [0.1, 0.15) is 77.5 Å². The Balaban J connectivity index is 1.73. The maximum Gasteiger partial charge on any atom is 0.274 e. The Hall–Kier alpha value is -3.40. The van der Waals surface area contributed by atoms with Crippen LogP contribution in [-0.4, -0.2) is 50.8 Å². The van der Waals surface area contributed by atoms with Crippen molar-refractivity contribution < 1.29 is 14.3 Å². The maximum atomic E-state index is 13.7. The Morgan fingerprint density at radius 3 is 2.68 bits per heavy atom. The molecule has 3 atom stereocenters. The number of aromatic nitrogens is 4. The average molecular weight is 523 g/mol. The Kier molecular flexibility index (Phi) is 8.71. The van der Waals surface area contributed by atoms with Crippen LogP contribution >= 0.6 is 0 Å². The molecule has 2 aliphatic carbocycles. The molecular weight excluding hydrogens is 484 g/mol. The lowest BCUT2D eigenvalue weighted by Gasteiger charge is -2.38. The molecule has 3 N–H and O–H groups in total. The van der Waals surface area contributed by atoms with Crippen molar-refractivity contribution in [3.63, 3.8) is 0 Å². The largest absolute Gasteiger partial charge is 0.474 e. The molecule has 0 radical (unpaired) electrons. The van der Waals surface area contributed by atoms with Gasteiger partial charge in [0, 0.05) is 30.5 Å². The Bertz CT molecular complexity index is 1270. The summed E-state index contributed by atoms with van der Waals surface area (Å²) in [5.41, 5.74) is 5.76. The second-order valence-electron chi connectivity index (χ2n) is 10.5. The normalized spacial score (nSPS) is 22.8.